The molecule has 1 atom stereocenters. The van der Waals surface area contributed by atoms with E-state index in [1.807, 2.05) is 43.3 Å². The summed E-state index contributed by atoms with van der Waals surface area (Å²) in [7, 11) is 0. The van der Waals surface area contributed by atoms with Gasteiger partial charge in [-0.3, -0.25) is 14.4 Å². The SMILES string of the molecule is Cc1cc(NC(=O)COC(=O)C[C@H]2Sc3ccccc3NC2=O)ccc1Br. The maximum Gasteiger partial charge on any atom is 0.307 e. The van der Waals surface area contributed by atoms with Crippen LogP contribution in [0.15, 0.2) is 51.8 Å². The second kappa shape index (κ2) is 8.58. The monoisotopic (exact) mass is 448 g/mol. The van der Waals surface area contributed by atoms with Gasteiger partial charge < -0.3 is 15.4 Å². The number of aryl methyl sites for hydroxylation is 1. The zero-order chi connectivity index (χ0) is 19.4. The molecule has 2 N–H and O–H groups in total. The number of anilines is 2. The van der Waals surface area contributed by atoms with Crippen molar-refractivity contribution in [1.82, 2.24) is 0 Å². The van der Waals surface area contributed by atoms with E-state index in [2.05, 4.69) is 26.6 Å². The first kappa shape index (κ1) is 19.4. The number of hydrogen-bond donors (Lipinski definition) is 2. The van der Waals surface area contributed by atoms with E-state index >= 15 is 0 Å². The molecule has 0 bridgehead atoms. The standard InChI is InChI=1S/C19H17BrN2O4S/c1-11-8-12(6-7-13(11)20)21-17(23)10-26-18(24)9-16-19(25)22-14-4-2-3-5-15(14)27-16/h2-8,16H,9-10H2,1H3,(H,21,23)(H,22,25)/t16-/m1/s1. The summed E-state index contributed by atoms with van der Waals surface area (Å²) < 4.78 is 5.96. The zero-order valence-electron chi connectivity index (χ0n) is 14.5. The molecule has 27 heavy (non-hydrogen) atoms. The van der Waals surface area contributed by atoms with Gasteiger partial charge >= 0.3 is 5.97 Å². The molecular formula is C19H17BrN2O4S. The quantitative estimate of drug-likeness (QED) is 0.680. The van der Waals surface area contributed by atoms with Crippen LogP contribution in [0.5, 0.6) is 0 Å². The smallest absolute Gasteiger partial charge is 0.307 e. The largest absolute Gasteiger partial charge is 0.456 e. The van der Waals surface area contributed by atoms with Crippen molar-refractivity contribution in [3.05, 3.63) is 52.5 Å². The van der Waals surface area contributed by atoms with E-state index in [1.165, 1.54) is 11.8 Å². The van der Waals surface area contributed by atoms with E-state index in [-0.39, 0.29) is 12.3 Å². The number of hydrogen-bond acceptors (Lipinski definition) is 5. The summed E-state index contributed by atoms with van der Waals surface area (Å²) in [5.41, 5.74) is 2.34. The van der Waals surface area contributed by atoms with Crippen molar-refractivity contribution >= 4 is 56.9 Å². The molecule has 0 saturated heterocycles. The van der Waals surface area contributed by atoms with Gasteiger partial charge in [0, 0.05) is 15.1 Å². The van der Waals surface area contributed by atoms with E-state index in [9.17, 15) is 14.4 Å². The van der Waals surface area contributed by atoms with E-state index in [4.69, 9.17) is 4.74 Å². The number of nitrogens with one attached hydrogen (secondary N) is 2. The highest BCUT2D eigenvalue weighted by atomic mass is 79.9. The van der Waals surface area contributed by atoms with Crippen LogP contribution in [0, 0.1) is 6.92 Å². The predicted octanol–water partition coefficient (Wildman–Crippen LogP) is 3.74. The number of carbonyl (C=O) groups excluding carboxylic acids is 3. The van der Waals surface area contributed by atoms with Crippen LogP contribution in [0.3, 0.4) is 0 Å². The van der Waals surface area contributed by atoms with Crippen molar-refractivity contribution in [3.8, 4) is 0 Å². The number of fused-ring (bicyclic) bond motifs is 1. The van der Waals surface area contributed by atoms with Crippen LogP contribution >= 0.6 is 27.7 Å². The molecule has 8 heteroatoms. The van der Waals surface area contributed by atoms with Gasteiger partial charge in [-0.15, -0.1) is 11.8 Å². The van der Waals surface area contributed by atoms with Crippen molar-refractivity contribution in [3.63, 3.8) is 0 Å². The first-order valence-electron chi connectivity index (χ1n) is 8.20. The highest BCUT2D eigenvalue weighted by Gasteiger charge is 2.29. The molecule has 2 aromatic rings. The number of para-hydroxylation sites is 1. The normalized spacial score (nSPS) is 15.5. The van der Waals surface area contributed by atoms with Gasteiger partial charge in [0.25, 0.3) is 5.91 Å². The Kier molecular flexibility index (Phi) is 6.18. The summed E-state index contributed by atoms with van der Waals surface area (Å²) in [6, 6.07) is 12.8. The van der Waals surface area contributed by atoms with E-state index in [0.29, 0.717) is 5.69 Å². The number of benzene rings is 2. The van der Waals surface area contributed by atoms with E-state index in [1.54, 1.807) is 6.07 Å². The average molecular weight is 449 g/mol. The fourth-order valence-electron chi connectivity index (χ4n) is 2.50. The van der Waals surface area contributed by atoms with Crippen molar-refractivity contribution in [2.75, 3.05) is 17.2 Å². The molecule has 0 radical (unpaired) electrons. The first-order valence-corrected chi connectivity index (χ1v) is 9.88. The van der Waals surface area contributed by atoms with Crippen LogP contribution in [0.1, 0.15) is 12.0 Å². The second-order valence-electron chi connectivity index (χ2n) is 5.97. The highest BCUT2D eigenvalue weighted by Crippen LogP contribution is 2.36. The third-order valence-corrected chi connectivity index (χ3v) is 6.03. The second-order valence-corrected chi connectivity index (χ2v) is 8.07. The maximum atomic E-state index is 12.1. The lowest BCUT2D eigenvalue weighted by Crippen LogP contribution is -2.32. The van der Waals surface area contributed by atoms with Crippen molar-refractivity contribution < 1.29 is 19.1 Å². The zero-order valence-corrected chi connectivity index (χ0v) is 16.9. The van der Waals surface area contributed by atoms with Gasteiger partial charge in [-0.05, 0) is 42.8 Å². The molecule has 0 unspecified atom stereocenters. The molecule has 2 aromatic carbocycles. The average Bonchev–Trinajstić information content (AvgIpc) is 2.64. The molecule has 1 heterocycles. The van der Waals surface area contributed by atoms with Crippen molar-refractivity contribution in [2.45, 2.75) is 23.5 Å². The molecule has 1 aliphatic rings. The molecule has 0 saturated carbocycles. The molecule has 2 amide bonds. The topological polar surface area (TPSA) is 84.5 Å². The number of rotatable bonds is 5. The number of carbonyl (C=O) groups is 3. The fraction of sp³-hybridized carbons (Fsp3) is 0.211. The van der Waals surface area contributed by atoms with Gasteiger partial charge in [0.15, 0.2) is 6.61 Å². The predicted molar refractivity (Wildman–Crippen MR) is 108 cm³/mol. The Bertz CT molecular complexity index is 903. The molecule has 140 valence electrons. The summed E-state index contributed by atoms with van der Waals surface area (Å²) in [6.07, 6.45) is -0.102. The summed E-state index contributed by atoms with van der Waals surface area (Å²) in [4.78, 5) is 37.0. The Morgan fingerprint density at radius 3 is 2.81 bits per heavy atom. The third-order valence-electron chi connectivity index (χ3n) is 3.86. The van der Waals surface area contributed by atoms with E-state index in [0.717, 1.165) is 20.6 Å². The summed E-state index contributed by atoms with van der Waals surface area (Å²) in [5, 5.41) is 4.86. The van der Waals surface area contributed by atoms with Gasteiger partial charge in [0.05, 0.1) is 17.4 Å². The minimum absolute atomic E-state index is 0.102. The molecule has 3 rings (SSSR count). The van der Waals surface area contributed by atoms with Gasteiger partial charge in [-0.1, -0.05) is 28.1 Å². The number of halogens is 1. The third kappa shape index (κ3) is 5.11. The number of amides is 2. The van der Waals surface area contributed by atoms with Crippen LogP contribution < -0.4 is 10.6 Å². The van der Waals surface area contributed by atoms with Gasteiger partial charge in [0.2, 0.25) is 5.91 Å². The van der Waals surface area contributed by atoms with Gasteiger partial charge in [0.1, 0.15) is 0 Å². The molecule has 6 nitrogen and oxygen atoms in total. The molecule has 0 fully saturated rings. The van der Waals surface area contributed by atoms with Gasteiger partial charge in [-0.2, -0.15) is 0 Å². The van der Waals surface area contributed by atoms with Crippen LogP contribution in [0.2, 0.25) is 0 Å². The Morgan fingerprint density at radius 2 is 2.04 bits per heavy atom. The highest BCUT2D eigenvalue weighted by molar-refractivity contribution is 9.10. The fourth-order valence-corrected chi connectivity index (χ4v) is 3.84. The van der Waals surface area contributed by atoms with Crippen LogP contribution in [-0.2, 0) is 19.1 Å². The first-order chi connectivity index (χ1) is 12.9. The molecule has 0 aromatic heterocycles. The van der Waals surface area contributed by atoms with Crippen LogP contribution in [0.4, 0.5) is 11.4 Å². The Morgan fingerprint density at radius 1 is 1.26 bits per heavy atom. The molecular weight excluding hydrogens is 432 g/mol. The summed E-state index contributed by atoms with van der Waals surface area (Å²) in [6.45, 7) is 1.51. The lowest BCUT2D eigenvalue weighted by molar-refractivity contribution is -0.147. The lowest BCUT2D eigenvalue weighted by atomic mass is 10.2. The Hall–Kier alpha value is -2.32. The summed E-state index contributed by atoms with van der Waals surface area (Å²) in [5.74, 6) is -1.27. The minimum Gasteiger partial charge on any atom is -0.456 e. The van der Waals surface area contributed by atoms with Crippen molar-refractivity contribution in [2.24, 2.45) is 0 Å². The number of esters is 1. The Balaban J connectivity index is 1.49. The molecule has 1 aliphatic heterocycles. The molecule has 0 aliphatic carbocycles. The Labute approximate surface area is 169 Å². The number of thioether (sulfide) groups is 1. The molecule has 0 spiro atoms. The van der Waals surface area contributed by atoms with E-state index < -0.39 is 23.7 Å². The van der Waals surface area contributed by atoms with Crippen LogP contribution in [0.25, 0.3) is 0 Å². The van der Waals surface area contributed by atoms with Crippen molar-refractivity contribution in [1.29, 1.82) is 0 Å². The van der Waals surface area contributed by atoms with Gasteiger partial charge in [-0.25, -0.2) is 0 Å². The maximum absolute atomic E-state index is 12.1. The minimum atomic E-state index is -0.593. The number of ether oxygens (including phenoxy) is 1. The lowest BCUT2D eigenvalue weighted by Gasteiger charge is -2.23. The van der Waals surface area contributed by atoms with Crippen LogP contribution in [-0.4, -0.2) is 29.6 Å². The summed E-state index contributed by atoms with van der Waals surface area (Å²) >= 11 is 4.71.